The van der Waals surface area contributed by atoms with Crippen molar-refractivity contribution in [3.05, 3.63) is 94.5 Å². The van der Waals surface area contributed by atoms with Gasteiger partial charge in [0, 0.05) is 18.1 Å². The molecule has 0 aliphatic heterocycles. The van der Waals surface area contributed by atoms with Crippen molar-refractivity contribution < 1.29 is 18.0 Å². The van der Waals surface area contributed by atoms with Crippen molar-refractivity contribution in [1.82, 2.24) is 10.2 Å². The molecule has 3 aromatic rings. The number of sulfonamides is 1. The smallest absolute Gasteiger partial charge is 0.264 e. The van der Waals surface area contributed by atoms with Gasteiger partial charge in [0.2, 0.25) is 11.8 Å². The summed E-state index contributed by atoms with van der Waals surface area (Å²) < 4.78 is 28.6. The fraction of sp³-hybridized carbons (Fsp3) is 0.286. The van der Waals surface area contributed by atoms with Crippen molar-refractivity contribution in [2.45, 2.75) is 45.2 Å². The predicted octanol–water partition coefficient (Wildman–Crippen LogP) is 4.71. The molecule has 2 amide bonds. The molecule has 0 saturated carbocycles. The fourth-order valence-electron chi connectivity index (χ4n) is 3.87. The molecule has 0 heterocycles. The number of anilines is 1. The SMILES string of the molecule is CCNC(=O)[C@@H](C)N(Cc1cccc(Cl)c1)C(=O)CN(c1ccc(C)c(C)c1)S(=O)(=O)c1ccccc1. The Bertz CT molecular complexity index is 1360. The minimum atomic E-state index is -4.08. The van der Waals surface area contributed by atoms with E-state index < -0.39 is 28.5 Å². The molecule has 0 aliphatic carbocycles. The van der Waals surface area contributed by atoms with Gasteiger partial charge in [0.15, 0.2) is 0 Å². The zero-order valence-electron chi connectivity index (χ0n) is 21.4. The summed E-state index contributed by atoms with van der Waals surface area (Å²) in [6.45, 7) is 7.24. The second-order valence-electron chi connectivity index (χ2n) is 8.82. The average molecular weight is 542 g/mol. The summed E-state index contributed by atoms with van der Waals surface area (Å²) in [7, 11) is -4.08. The van der Waals surface area contributed by atoms with Crippen LogP contribution >= 0.6 is 11.6 Å². The van der Waals surface area contributed by atoms with Crippen LogP contribution in [-0.2, 0) is 26.2 Å². The molecule has 196 valence electrons. The quantitative estimate of drug-likeness (QED) is 0.403. The summed E-state index contributed by atoms with van der Waals surface area (Å²) in [6, 6.07) is 19.4. The molecule has 0 radical (unpaired) electrons. The molecular formula is C28H32ClN3O4S. The zero-order chi connectivity index (χ0) is 27.2. The average Bonchev–Trinajstić information content (AvgIpc) is 2.87. The first-order valence-corrected chi connectivity index (χ1v) is 13.8. The Morgan fingerprint density at radius 3 is 2.27 bits per heavy atom. The number of carbonyl (C=O) groups excluding carboxylic acids is 2. The maximum Gasteiger partial charge on any atom is 0.264 e. The molecule has 0 aromatic heterocycles. The third kappa shape index (κ3) is 6.90. The monoisotopic (exact) mass is 541 g/mol. The molecule has 0 fully saturated rings. The normalized spacial score (nSPS) is 12.0. The van der Waals surface area contributed by atoms with Crippen LogP contribution in [-0.4, -0.2) is 44.3 Å². The van der Waals surface area contributed by atoms with E-state index in [0.29, 0.717) is 17.3 Å². The van der Waals surface area contributed by atoms with Crippen LogP contribution in [0.3, 0.4) is 0 Å². The molecule has 0 unspecified atom stereocenters. The lowest BCUT2D eigenvalue weighted by atomic mass is 10.1. The van der Waals surface area contributed by atoms with E-state index in [1.54, 1.807) is 68.4 Å². The van der Waals surface area contributed by atoms with Crippen LogP contribution in [0, 0.1) is 13.8 Å². The molecule has 3 rings (SSSR count). The van der Waals surface area contributed by atoms with Gasteiger partial charge in [-0.25, -0.2) is 8.42 Å². The highest BCUT2D eigenvalue weighted by atomic mass is 35.5. The molecule has 1 N–H and O–H groups in total. The lowest BCUT2D eigenvalue weighted by molar-refractivity contribution is -0.139. The molecule has 9 heteroatoms. The van der Waals surface area contributed by atoms with Gasteiger partial charge >= 0.3 is 0 Å². The number of nitrogens with one attached hydrogen (secondary N) is 1. The first kappa shape index (κ1) is 28.2. The van der Waals surface area contributed by atoms with E-state index >= 15 is 0 Å². The number of benzene rings is 3. The fourth-order valence-corrected chi connectivity index (χ4v) is 5.51. The van der Waals surface area contributed by atoms with Crippen LogP contribution in [0.25, 0.3) is 0 Å². The van der Waals surface area contributed by atoms with Gasteiger partial charge in [-0.15, -0.1) is 0 Å². The number of likely N-dealkylation sites (N-methyl/N-ethyl adjacent to an activating group) is 1. The standard InChI is InChI=1S/C28H32ClN3O4S/c1-5-30-28(34)22(4)31(18-23-10-9-11-24(29)17-23)27(33)19-32(25-15-14-20(2)21(3)16-25)37(35,36)26-12-7-6-8-13-26/h6-17,22H,5,18-19H2,1-4H3,(H,30,34)/t22-/m1/s1. The second-order valence-corrected chi connectivity index (χ2v) is 11.1. The van der Waals surface area contributed by atoms with E-state index in [-0.39, 0.29) is 17.3 Å². The lowest BCUT2D eigenvalue weighted by Gasteiger charge is -2.32. The Morgan fingerprint density at radius 2 is 1.65 bits per heavy atom. The van der Waals surface area contributed by atoms with Crippen molar-refractivity contribution in [1.29, 1.82) is 0 Å². The summed E-state index contributed by atoms with van der Waals surface area (Å²) in [4.78, 5) is 28.0. The Labute approximate surface area is 224 Å². The molecule has 7 nitrogen and oxygen atoms in total. The molecule has 3 aromatic carbocycles. The van der Waals surface area contributed by atoms with E-state index in [1.807, 2.05) is 19.9 Å². The third-order valence-corrected chi connectivity index (χ3v) is 8.17. The van der Waals surface area contributed by atoms with Gasteiger partial charge in [-0.05, 0) is 80.8 Å². The molecule has 0 aliphatic rings. The first-order valence-electron chi connectivity index (χ1n) is 12.0. The summed E-state index contributed by atoms with van der Waals surface area (Å²) in [6.07, 6.45) is 0. The Balaban J connectivity index is 2.04. The molecule has 0 bridgehead atoms. The Hall–Kier alpha value is -3.36. The summed E-state index contributed by atoms with van der Waals surface area (Å²) in [5.74, 6) is -0.849. The highest BCUT2D eigenvalue weighted by Crippen LogP contribution is 2.26. The van der Waals surface area contributed by atoms with E-state index in [2.05, 4.69) is 5.32 Å². The van der Waals surface area contributed by atoms with Crippen LogP contribution < -0.4 is 9.62 Å². The van der Waals surface area contributed by atoms with E-state index in [1.165, 1.54) is 17.0 Å². The van der Waals surface area contributed by atoms with Crippen LogP contribution in [0.4, 0.5) is 5.69 Å². The summed E-state index contributed by atoms with van der Waals surface area (Å²) in [5.41, 5.74) is 2.98. The largest absolute Gasteiger partial charge is 0.355 e. The van der Waals surface area contributed by atoms with Gasteiger partial charge in [0.1, 0.15) is 12.6 Å². The lowest BCUT2D eigenvalue weighted by Crippen LogP contribution is -2.51. The maximum absolute atomic E-state index is 13.8. The Morgan fingerprint density at radius 1 is 0.946 bits per heavy atom. The van der Waals surface area contributed by atoms with Gasteiger partial charge < -0.3 is 10.2 Å². The minimum Gasteiger partial charge on any atom is -0.355 e. The number of aryl methyl sites for hydroxylation is 2. The van der Waals surface area contributed by atoms with E-state index in [4.69, 9.17) is 11.6 Å². The van der Waals surface area contributed by atoms with Gasteiger partial charge in [-0.2, -0.15) is 0 Å². The van der Waals surface area contributed by atoms with Crippen molar-refractivity contribution in [3.63, 3.8) is 0 Å². The molecule has 1 atom stereocenters. The van der Waals surface area contributed by atoms with Crippen molar-refractivity contribution in [2.75, 3.05) is 17.4 Å². The van der Waals surface area contributed by atoms with Crippen molar-refractivity contribution in [2.24, 2.45) is 0 Å². The maximum atomic E-state index is 13.8. The third-order valence-electron chi connectivity index (χ3n) is 6.15. The van der Waals surface area contributed by atoms with Crippen LogP contribution in [0.2, 0.25) is 5.02 Å². The second kappa shape index (κ2) is 12.3. The van der Waals surface area contributed by atoms with Gasteiger partial charge in [0.05, 0.1) is 10.6 Å². The molecular weight excluding hydrogens is 510 g/mol. The number of halogens is 1. The number of hydrogen-bond donors (Lipinski definition) is 1. The van der Waals surface area contributed by atoms with Gasteiger partial charge in [-0.3, -0.25) is 13.9 Å². The van der Waals surface area contributed by atoms with E-state index in [0.717, 1.165) is 21.0 Å². The highest BCUT2D eigenvalue weighted by Gasteiger charge is 2.32. The molecule has 0 saturated heterocycles. The molecule has 0 spiro atoms. The summed E-state index contributed by atoms with van der Waals surface area (Å²) >= 11 is 6.15. The summed E-state index contributed by atoms with van der Waals surface area (Å²) in [5, 5.41) is 3.24. The number of hydrogen-bond acceptors (Lipinski definition) is 4. The topological polar surface area (TPSA) is 86.8 Å². The van der Waals surface area contributed by atoms with Crippen molar-refractivity contribution in [3.8, 4) is 0 Å². The van der Waals surface area contributed by atoms with E-state index in [9.17, 15) is 18.0 Å². The first-order chi connectivity index (χ1) is 17.5. The Kier molecular flexibility index (Phi) is 9.34. The molecule has 37 heavy (non-hydrogen) atoms. The number of nitrogens with zero attached hydrogens (tertiary/aromatic N) is 2. The zero-order valence-corrected chi connectivity index (χ0v) is 23.0. The number of carbonyl (C=O) groups is 2. The predicted molar refractivity (Wildman–Crippen MR) is 147 cm³/mol. The highest BCUT2D eigenvalue weighted by molar-refractivity contribution is 7.92. The minimum absolute atomic E-state index is 0.0687. The van der Waals surface area contributed by atoms with Crippen LogP contribution in [0.1, 0.15) is 30.5 Å². The van der Waals surface area contributed by atoms with Crippen molar-refractivity contribution >= 4 is 39.1 Å². The van der Waals surface area contributed by atoms with Crippen LogP contribution in [0.15, 0.2) is 77.7 Å². The number of rotatable bonds is 10. The number of amides is 2. The van der Waals surface area contributed by atoms with Gasteiger partial charge in [-0.1, -0.05) is 48.0 Å². The van der Waals surface area contributed by atoms with Gasteiger partial charge in [0.25, 0.3) is 10.0 Å². The van der Waals surface area contributed by atoms with Crippen LogP contribution in [0.5, 0.6) is 0 Å².